The van der Waals surface area contributed by atoms with Crippen LogP contribution in [0.5, 0.6) is 5.75 Å². The number of hydrogen-bond acceptors (Lipinski definition) is 7. The van der Waals surface area contributed by atoms with E-state index in [0.717, 1.165) is 30.8 Å². The van der Waals surface area contributed by atoms with Crippen molar-refractivity contribution in [3.8, 4) is 5.75 Å². The van der Waals surface area contributed by atoms with Gasteiger partial charge < -0.3 is 33.2 Å². The van der Waals surface area contributed by atoms with Crippen molar-refractivity contribution in [3.63, 3.8) is 0 Å². The van der Waals surface area contributed by atoms with Crippen molar-refractivity contribution in [2.75, 3.05) is 13.2 Å². The molecule has 3 aliphatic heterocycles. The molecule has 4 rings (SSSR count). The summed E-state index contributed by atoms with van der Waals surface area (Å²) in [4.78, 5) is 0. The van der Waals surface area contributed by atoms with Crippen LogP contribution in [-0.2, 0) is 35.0 Å². The molecule has 0 radical (unpaired) electrons. The van der Waals surface area contributed by atoms with Crippen LogP contribution in [0.2, 0.25) is 0 Å². The average molecular weight is 423 g/mol. The number of ether oxygens (including phenoxy) is 7. The van der Waals surface area contributed by atoms with Crippen LogP contribution in [-0.4, -0.2) is 55.5 Å². The molecule has 30 heavy (non-hydrogen) atoms. The lowest BCUT2D eigenvalue weighted by Crippen LogP contribution is -2.56. The van der Waals surface area contributed by atoms with E-state index < -0.39 is 17.9 Å². The van der Waals surface area contributed by atoms with Gasteiger partial charge in [-0.05, 0) is 51.8 Å². The third-order valence-corrected chi connectivity index (χ3v) is 5.49. The Kier molecular flexibility index (Phi) is 6.40. The second-order valence-electron chi connectivity index (χ2n) is 9.07. The van der Waals surface area contributed by atoms with E-state index in [1.54, 1.807) is 0 Å². The van der Waals surface area contributed by atoms with E-state index in [9.17, 15) is 0 Å². The lowest BCUT2D eigenvalue weighted by atomic mass is 9.99. The molecule has 3 saturated heterocycles. The second-order valence-corrected chi connectivity index (χ2v) is 9.07. The molecule has 0 spiro atoms. The quantitative estimate of drug-likeness (QED) is 0.591. The Bertz CT molecular complexity index is 702. The maximum Gasteiger partial charge on any atom is 0.190 e. The molecule has 0 N–H and O–H groups in total. The fourth-order valence-electron chi connectivity index (χ4n) is 4.14. The van der Waals surface area contributed by atoms with Gasteiger partial charge in [0.15, 0.2) is 17.9 Å². The molecular formula is C23H34O7. The van der Waals surface area contributed by atoms with Crippen LogP contribution in [0.3, 0.4) is 0 Å². The maximum atomic E-state index is 6.17. The molecule has 3 heterocycles. The van der Waals surface area contributed by atoms with Crippen LogP contribution < -0.4 is 4.74 Å². The highest BCUT2D eigenvalue weighted by molar-refractivity contribution is 5.26. The van der Waals surface area contributed by atoms with E-state index in [-0.39, 0.29) is 24.4 Å². The smallest absolute Gasteiger partial charge is 0.190 e. The normalized spacial score (nSPS) is 33.8. The van der Waals surface area contributed by atoms with Gasteiger partial charge in [0.25, 0.3) is 0 Å². The highest BCUT2D eigenvalue weighted by atomic mass is 16.9. The molecule has 0 saturated carbocycles. The largest absolute Gasteiger partial charge is 0.494 e. The van der Waals surface area contributed by atoms with Gasteiger partial charge in [-0.25, -0.2) is 0 Å². The van der Waals surface area contributed by atoms with Crippen molar-refractivity contribution < 1.29 is 33.2 Å². The lowest BCUT2D eigenvalue weighted by molar-refractivity contribution is -0.243. The first-order valence-corrected chi connectivity index (χ1v) is 10.9. The second kappa shape index (κ2) is 8.73. The topological polar surface area (TPSA) is 64.6 Å². The zero-order valence-electron chi connectivity index (χ0n) is 18.6. The van der Waals surface area contributed by atoms with Gasteiger partial charge in [-0.15, -0.1) is 0 Å². The van der Waals surface area contributed by atoms with Gasteiger partial charge in [0.2, 0.25) is 0 Å². The summed E-state index contributed by atoms with van der Waals surface area (Å²) >= 11 is 0. The fraction of sp³-hybridized carbons (Fsp3) is 0.739. The van der Waals surface area contributed by atoms with E-state index in [1.807, 2.05) is 52.0 Å². The third-order valence-electron chi connectivity index (χ3n) is 5.49. The predicted octanol–water partition coefficient (Wildman–Crippen LogP) is 3.78. The zero-order valence-corrected chi connectivity index (χ0v) is 18.6. The summed E-state index contributed by atoms with van der Waals surface area (Å²) in [5.74, 6) is -0.529. The molecule has 0 amide bonds. The van der Waals surface area contributed by atoms with Crippen LogP contribution in [0.4, 0.5) is 0 Å². The first-order chi connectivity index (χ1) is 14.3. The Hall–Kier alpha value is -1.22. The van der Waals surface area contributed by atoms with Crippen molar-refractivity contribution in [1.82, 2.24) is 0 Å². The van der Waals surface area contributed by atoms with Crippen molar-refractivity contribution in [1.29, 1.82) is 0 Å². The van der Waals surface area contributed by atoms with Gasteiger partial charge >= 0.3 is 0 Å². The van der Waals surface area contributed by atoms with Gasteiger partial charge in [0.1, 0.15) is 30.2 Å². The van der Waals surface area contributed by atoms with Gasteiger partial charge in [0.05, 0.1) is 19.8 Å². The van der Waals surface area contributed by atoms with Gasteiger partial charge in [-0.3, -0.25) is 0 Å². The summed E-state index contributed by atoms with van der Waals surface area (Å²) in [6.45, 7) is 11.3. The van der Waals surface area contributed by atoms with E-state index in [4.69, 9.17) is 33.2 Å². The van der Waals surface area contributed by atoms with Gasteiger partial charge in [-0.1, -0.05) is 25.5 Å². The summed E-state index contributed by atoms with van der Waals surface area (Å²) in [5.41, 5.74) is 1.08. The molecule has 3 fully saturated rings. The minimum Gasteiger partial charge on any atom is -0.494 e. The van der Waals surface area contributed by atoms with Crippen molar-refractivity contribution in [3.05, 3.63) is 29.8 Å². The Morgan fingerprint density at radius 2 is 1.53 bits per heavy atom. The zero-order chi connectivity index (χ0) is 21.4. The Labute approximate surface area is 178 Å². The monoisotopic (exact) mass is 422 g/mol. The molecule has 168 valence electrons. The van der Waals surface area contributed by atoms with E-state index in [0.29, 0.717) is 13.2 Å². The maximum absolute atomic E-state index is 6.17. The lowest BCUT2D eigenvalue weighted by Gasteiger charge is -2.37. The van der Waals surface area contributed by atoms with Crippen molar-refractivity contribution >= 4 is 0 Å². The molecule has 5 atom stereocenters. The van der Waals surface area contributed by atoms with Crippen molar-refractivity contribution in [2.24, 2.45) is 0 Å². The molecule has 0 unspecified atom stereocenters. The Balaban J connectivity index is 1.33. The Morgan fingerprint density at radius 3 is 2.27 bits per heavy atom. The van der Waals surface area contributed by atoms with Crippen LogP contribution in [0.1, 0.15) is 53.0 Å². The first-order valence-electron chi connectivity index (χ1n) is 10.9. The molecule has 0 aromatic heterocycles. The minimum absolute atomic E-state index is 0.256. The molecule has 1 aromatic rings. The van der Waals surface area contributed by atoms with E-state index in [1.165, 1.54) is 0 Å². The van der Waals surface area contributed by atoms with Crippen LogP contribution >= 0.6 is 0 Å². The summed E-state index contributed by atoms with van der Waals surface area (Å²) in [6, 6.07) is 8.01. The number of hydrogen-bond donors (Lipinski definition) is 0. The number of fused-ring (bicyclic) bond motifs is 3. The molecular weight excluding hydrogens is 388 g/mol. The number of unbranched alkanes of at least 4 members (excludes halogenated alkanes) is 1. The SMILES string of the molecule is CCCCOc1ccc(COC[C@H]2O[C@@H]3OC(C)(C)O[C@@H]3[C@H]3OC(C)(C)O[C@H]32)cc1. The molecule has 1 aromatic carbocycles. The van der Waals surface area contributed by atoms with Crippen LogP contribution in [0.15, 0.2) is 24.3 Å². The van der Waals surface area contributed by atoms with E-state index >= 15 is 0 Å². The standard InChI is InChI=1S/C23H34O7/c1-6-7-12-25-16-10-8-15(9-11-16)13-24-14-17-18-19(28-22(2,3)27-18)20-21(26-17)30-23(4,5)29-20/h8-11,17-21H,6-7,12-14H2,1-5H3/t17-,18+,19+,20-,21-/m1/s1. The van der Waals surface area contributed by atoms with E-state index in [2.05, 4.69) is 6.92 Å². The number of benzene rings is 1. The summed E-state index contributed by atoms with van der Waals surface area (Å²) in [5, 5.41) is 0. The van der Waals surface area contributed by atoms with Gasteiger partial charge in [-0.2, -0.15) is 0 Å². The number of rotatable bonds is 8. The minimum atomic E-state index is -0.716. The summed E-state index contributed by atoms with van der Waals surface area (Å²) in [6.07, 6.45) is 0.549. The van der Waals surface area contributed by atoms with Crippen LogP contribution in [0.25, 0.3) is 0 Å². The molecule has 0 aliphatic carbocycles. The van der Waals surface area contributed by atoms with Crippen LogP contribution in [0, 0.1) is 0 Å². The Morgan fingerprint density at radius 1 is 0.867 bits per heavy atom. The predicted molar refractivity (Wildman–Crippen MR) is 109 cm³/mol. The molecule has 7 heteroatoms. The summed E-state index contributed by atoms with van der Waals surface area (Å²) < 4.78 is 42.1. The van der Waals surface area contributed by atoms with Gasteiger partial charge in [0, 0.05) is 0 Å². The van der Waals surface area contributed by atoms with Crippen molar-refractivity contribution in [2.45, 2.75) is 96.3 Å². The average Bonchev–Trinajstić information content (AvgIpc) is 3.17. The molecule has 0 bridgehead atoms. The highest BCUT2D eigenvalue weighted by Gasteiger charge is 2.60. The fourth-order valence-corrected chi connectivity index (χ4v) is 4.14. The highest BCUT2D eigenvalue weighted by Crippen LogP contribution is 2.44. The summed E-state index contributed by atoms with van der Waals surface area (Å²) in [7, 11) is 0. The third kappa shape index (κ3) is 4.98. The first kappa shape index (κ1) is 22.0. The molecule has 7 nitrogen and oxygen atoms in total. The molecule has 3 aliphatic rings.